The standard InChI is InChI=1S/C12H22N2/c1-9(2)12-5-6-14(10(3)4)8-11(12)7-13/h9-12H,5-6,8H2,1-4H3. The number of hydrogen-bond donors (Lipinski definition) is 0. The minimum absolute atomic E-state index is 0.242. The molecule has 0 spiro atoms. The van der Waals surface area contributed by atoms with Crippen molar-refractivity contribution in [3.8, 4) is 6.07 Å². The highest BCUT2D eigenvalue weighted by atomic mass is 15.2. The third-order valence-electron chi connectivity index (χ3n) is 3.45. The molecule has 2 nitrogen and oxygen atoms in total. The lowest BCUT2D eigenvalue weighted by atomic mass is 9.78. The van der Waals surface area contributed by atoms with Crippen LogP contribution < -0.4 is 0 Å². The van der Waals surface area contributed by atoms with Crippen LogP contribution in [0.3, 0.4) is 0 Å². The number of nitrogens with zero attached hydrogens (tertiary/aromatic N) is 2. The molecule has 1 rings (SSSR count). The number of likely N-dealkylation sites (tertiary alicyclic amines) is 1. The molecule has 0 aromatic carbocycles. The van der Waals surface area contributed by atoms with Crippen LogP contribution in [-0.4, -0.2) is 24.0 Å². The lowest BCUT2D eigenvalue weighted by Crippen LogP contribution is -2.44. The molecular weight excluding hydrogens is 172 g/mol. The summed E-state index contributed by atoms with van der Waals surface area (Å²) in [6, 6.07) is 3.06. The van der Waals surface area contributed by atoms with E-state index in [1.165, 1.54) is 13.0 Å². The molecule has 0 bridgehead atoms. The summed E-state index contributed by atoms with van der Waals surface area (Å²) in [6.07, 6.45) is 1.19. The topological polar surface area (TPSA) is 27.0 Å². The van der Waals surface area contributed by atoms with E-state index in [1.807, 2.05) is 0 Å². The smallest absolute Gasteiger partial charge is 0.0672 e. The van der Waals surface area contributed by atoms with Crippen LogP contribution in [0.15, 0.2) is 0 Å². The van der Waals surface area contributed by atoms with E-state index in [9.17, 15) is 0 Å². The minimum Gasteiger partial charge on any atom is -0.300 e. The maximum atomic E-state index is 9.13. The van der Waals surface area contributed by atoms with E-state index in [0.29, 0.717) is 17.9 Å². The van der Waals surface area contributed by atoms with Crippen molar-refractivity contribution in [3.05, 3.63) is 0 Å². The highest BCUT2D eigenvalue weighted by Crippen LogP contribution is 2.30. The van der Waals surface area contributed by atoms with Crippen molar-refractivity contribution in [3.63, 3.8) is 0 Å². The van der Waals surface area contributed by atoms with Crippen molar-refractivity contribution >= 4 is 0 Å². The summed E-state index contributed by atoms with van der Waals surface area (Å²) in [5, 5.41) is 9.13. The summed E-state index contributed by atoms with van der Waals surface area (Å²) in [5.74, 6) is 1.50. The largest absolute Gasteiger partial charge is 0.300 e. The Morgan fingerprint density at radius 2 is 1.93 bits per heavy atom. The first kappa shape index (κ1) is 11.5. The van der Waals surface area contributed by atoms with Gasteiger partial charge in [-0.1, -0.05) is 13.8 Å². The zero-order chi connectivity index (χ0) is 10.7. The van der Waals surface area contributed by atoms with E-state index in [4.69, 9.17) is 5.26 Å². The molecule has 1 heterocycles. The fourth-order valence-electron chi connectivity index (χ4n) is 2.40. The highest BCUT2D eigenvalue weighted by molar-refractivity contribution is 4.95. The van der Waals surface area contributed by atoms with E-state index >= 15 is 0 Å². The first-order valence-electron chi connectivity index (χ1n) is 5.70. The third-order valence-corrected chi connectivity index (χ3v) is 3.45. The second kappa shape index (κ2) is 4.79. The van der Waals surface area contributed by atoms with Crippen LogP contribution in [0.5, 0.6) is 0 Å². The molecule has 0 amide bonds. The van der Waals surface area contributed by atoms with E-state index < -0.39 is 0 Å². The molecule has 0 radical (unpaired) electrons. The van der Waals surface area contributed by atoms with Gasteiger partial charge in [0.25, 0.3) is 0 Å². The van der Waals surface area contributed by atoms with Crippen LogP contribution >= 0.6 is 0 Å². The van der Waals surface area contributed by atoms with Gasteiger partial charge < -0.3 is 0 Å². The maximum absolute atomic E-state index is 9.13. The zero-order valence-corrected chi connectivity index (χ0v) is 9.83. The second-order valence-corrected chi connectivity index (χ2v) is 5.02. The van der Waals surface area contributed by atoms with Crippen LogP contribution in [0.1, 0.15) is 34.1 Å². The van der Waals surface area contributed by atoms with Crippen LogP contribution in [0, 0.1) is 29.1 Å². The summed E-state index contributed by atoms with van der Waals surface area (Å²) in [7, 11) is 0. The summed E-state index contributed by atoms with van der Waals surface area (Å²) in [4.78, 5) is 2.42. The van der Waals surface area contributed by atoms with Gasteiger partial charge in [-0.2, -0.15) is 5.26 Å². The SMILES string of the molecule is CC(C)C1CCN(C(C)C)CC1C#N. The molecule has 1 fully saturated rings. The summed E-state index contributed by atoms with van der Waals surface area (Å²) in [6.45, 7) is 11.0. The molecular formula is C12H22N2. The van der Waals surface area contributed by atoms with Gasteiger partial charge >= 0.3 is 0 Å². The molecule has 80 valence electrons. The predicted molar refractivity (Wildman–Crippen MR) is 58.8 cm³/mol. The fraction of sp³-hybridized carbons (Fsp3) is 0.917. The third kappa shape index (κ3) is 2.48. The highest BCUT2D eigenvalue weighted by Gasteiger charge is 2.31. The molecule has 0 N–H and O–H groups in total. The van der Waals surface area contributed by atoms with Gasteiger partial charge in [0.2, 0.25) is 0 Å². The Bertz CT molecular complexity index is 215. The Labute approximate surface area is 87.9 Å². The van der Waals surface area contributed by atoms with Crippen molar-refractivity contribution in [2.75, 3.05) is 13.1 Å². The average Bonchev–Trinajstić information content (AvgIpc) is 2.16. The molecule has 2 atom stereocenters. The molecule has 0 aliphatic carbocycles. The van der Waals surface area contributed by atoms with Crippen molar-refractivity contribution < 1.29 is 0 Å². The zero-order valence-electron chi connectivity index (χ0n) is 9.83. The summed E-state index contributed by atoms with van der Waals surface area (Å²) in [5.41, 5.74) is 0. The predicted octanol–water partition coefficient (Wildman–Crippen LogP) is 2.51. The molecule has 1 saturated heterocycles. The first-order chi connectivity index (χ1) is 6.56. The maximum Gasteiger partial charge on any atom is 0.0672 e. The molecule has 0 aromatic heterocycles. The van der Waals surface area contributed by atoms with E-state index in [1.54, 1.807) is 0 Å². The lowest BCUT2D eigenvalue weighted by molar-refractivity contribution is 0.0963. The van der Waals surface area contributed by atoms with Crippen LogP contribution in [0.4, 0.5) is 0 Å². The molecule has 2 unspecified atom stereocenters. The Balaban J connectivity index is 2.60. The molecule has 0 saturated carbocycles. The van der Waals surface area contributed by atoms with Gasteiger partial charge in [-0.15, -0.1) is 0 Å². The molecule has 1 aliphatic rings. The van der Waals surface area contributed by atoms with E-state index in [-0.39, 0.29) is 5.92 Å². The number of piperidine rings is 1. The quantitative estimate of drug-likeness (QED) is 0.675. The molecule has 1 aliphatic heterocycles. The molecule has 0 aromatic rings. The Kier molecular flexibility index (Phi) is 3.95. The van der Waals surface area contributed by atoms with E-state index in [2.05, 4.69) is 38.7 Å². The van der Waals surface area contributed by atoms with Gasteiger partial charge in [0.1, 0.15) is 0 Å². The fourth-order valence-corrected chi connectivity index (χ4v) is 2.40. The van der Waals surface area contributed by atoms with Gasteiger partial charge in [0, 0.05) is 12.6 Å². The average molecular weight is 194 g/mol. The van der Waals surface area contributed by atoms with Gasteiger partial charge in [-0.25, -0.2) is 0 Å². The monoisotopic (exact) mass is 194 g/mol. The van der Waals surface area contributed by atoms with Crippen molar-refractivity contribution in [2.45, 2.75) is 40.2 Å². The minimum atomic E-state index is 0.242. The van der Waals surface area contributed by atoms with Crippen LogP contribution in [-0.2, 0) is 0 Å². The van der Waals surface area contributed by atoms with Crippen molar-refractivity contribution in [2.24, 2.45) is 17.8 Å². The summed E-state index contributed by atoms with van der Waals surface area (Å²) >= 11 is 0. The Hall–Kier alpha value is -0.550. The lowest BCUT2D eigenvalue weighted by Gasteiger charge is -2.39. The van der Waals surface area contributed by atoms with Crippen LogP contribution in [0.2, 0.25) is 0 Å². The molecule has 14 heavy (non-hydrogen) atoms. The van der Waals surface area contributed by atoms with Crippen molar-refractivity contribution in [1.82, 2.24) is 4.90 Å². The molecule has 2 heteroatoms. The van der Waals surface area contributed by atoms with Gasteiger partial charge in [0.05, 0.1) is 12.0 Å². The van der Waals surface area contributed by atoms with Crippen LogP contribution in [0.25, 0.3) is 0 Å². The number of hydrogen-bond acceptors (Lipinski definition) is 2. The first-order valence-corrected chi connectivity index (χ1v) is 5.70. The van der Waals surface area contributed by atoms with E-state index in [0.717, 1.165) is 6.54 Å². The normalized spacial score (nSPS) is 29.5. The van der Waals surface area contributed by atoms with Gasteiger partial charge in [-0.05, 0) is 38.6 Å². The number of rotatable bonds is 2. The van der Waals surface area contributed by atoms with Gasteiger partial charge in [-0.3, -0.25) is 4.90 Å². The Morgan fingerprint density at radius 3 is 2.36 bits per heavy atom. The summed E-state index contributed by atoms with van der Waals surface area (Å²) < 4.78 is 0. The van der Waals surface area contributed by atoms with Gasteiger partial charge in [0.15, 0.2) is 0 Å². The second-order valence-electron chi connectivity index (χ2n) is 5.02. The van der Waals surface area contributed by atoms with Crippen molar-refractivity contribution in [1.29, 1.82) is 5.26 Å². The Morgan fingerprint density at radius 1 is 1.29 bits per heavy atom. The number of nitriles is 1.